The van der Waals surface area contributed by atoms with E-state index in [0.717, 1.165) is 24.8 Å². The Labute approximate surface area is 145 Å². The van der Waals surface area contributed by atoms with E-state index in [-0.39, 0.29) is 22.6 Å². The van der Waals surface area contributed by atoms with Crippen LogP contribution in [-0.2, 0) is 0 Å². The molecule has 0 bridgehead atoms. The van der Waals surface area contributed by atoms with Crippen LogP contribution in [0.4, 0.5) is 11.4 Å². The molecule has 0 saturated carbocycles. The number of carbonyl (C=O) groups excluding carboxylic acids is 2. The van der Waals surface area contributed by atoms with Crippen LogP contribution in [0.5, 0.6) is 5.75 Å². The van der Waals surface area contributed by atoms with Crippen LogP contribution in [0.25, 0.3) is 0 Å². The van der Waals surface area contributed by atoms with Crippen LogP contribution in [-0.4, -0.2) is 30.3 Å². The second-order valence-corrected chi connectivity index (χ2v) is 5.21. The number of esters is 1. The van der Waals surface area contributed by atoms with Gasteiger partial charge in [-0.15, -0.1) is 0 Å². The summed E-state index contributed by atoms with van der Waals surface area (Å²) in [5, 5.41) is 10.8. The number of nitrogens with zero attached hydrogens (tertiary/aromatic N) is 2. The Kier molecular flexibility index (Phi) is 5.84. The molecule has 7 nitrogen and oxygen atoms in total. The number of carbonyl (C=O) groups is 2. The number of benzene rings is 2. The Bertz CT molecular complexity index is 800. The molecular weight excluding hydrogens is 324 g/mol. The molecule has 25 heavy (non-hydrogen) atoms. The van der Waals surface area contributed by atoms with Crippen molar-refractivity contribution in [1.82, 2.24) is 0 Å². The first-order valence-corrected chi connectivity index (χ1v) is 7.81. The third-order valence-corrected chi connectivity index (χ3v) is 3.75. The molecule has 0 heterocycles. The Morgan fingerprint density at radius 1 is 1.20 bits per heavy atom. The van der Waals surface area contributed by atoms with Crippen molar-refractivity contribution in [3.05, 3.63) is 63.7 Å². The third-order valence-electron chi connectivity index (χ3n) is 3.75. The molecule has 2 rings (SSSR count). The molecule has 2 aromatic rings. The number of anilines is 1. The van der Waals surface area contributed by atoms with Crippen molar-refractivity contribution >= 4 is 23.6 Å². The van der Waals surface area contributed by atoms with Gasteiger partial charge in [0.1, 0.15) is 5.75 Å². The molecule has 0 N–H and O–H groups in total. The van der Waals surface area contributed by atoms with E-state index in [4.69, 9.17) is 4.74 Å². The van der Waals surface area contributed by atoms with Crippen molar-refractivity contribution in [2.24, 2.45) is 0 Å². The maximum atomic E-state index is 12.3. The Morgan fingerprint density at radius 2 is 1.92 bits per heavy atom. The molecule has 0 radical (unpaired) electrons. The fourth-order valence-corrected chi connectivity index (χ4v) is 2.40. The van der Waals surface area contributed by atoms with E-state index in [0.29, 0.717) is 6.29 Å². The molecule has 130 valence electrons. The zero-order chi connectivity index (χ0) is 18.4. The number of rotatable bonds is 7. The van der Waals surface area contributed by atoms with E-state index in [1.54, 1.807) is 18.2 Å². The summed E-state index contributed by atoms with van der Waals surface area (Å²) in [4.78, 5) is 35.8. The molecule has 0 aliphatic heterocycles. The summed E-state index contributed by atoms with van der Waals surface area (Å²) in [6, 6.07) is 10.2. The summed E-state index contributed by atoms with van der Waals surface area (Å²) < 4.78 is 5.32. The Morgan fingerprint density at radius 3 is 2.52 bits per heavy atom. The van der Waals surface area contributed by atoms with E-state index in [1.807, 2.05) is 18.7 Å². The van der Waals surface area contributed by atoms with E-state index in [9.17, 15) is 19.7 Å². The lowest BCUT2D eigenvalue weighted by molar-refractivity contribution is -0.384. The summed E-state index contributed by atoms with van der Waals surface area (Å²) in [5.74, 6) is -0.639. The van der Waals surface area contributed by atoms with Gasteiger partial charge in [-0.05, 0) is 32.0 Å². The van der Waals surface area contributed by atoms with Crippen molar-refractivity contribution in [1.29, 1.82) is 0 Å². The first-order chi connectivity index (χ1) is 12.0. The van der Waals surface area contributed by atoms with Gasteiger partial charge in [0.05, 0.1) is 16.1 Å². The van der Waals surface area contributed by atoms with Gasteiger partial charge in [-0.3, -0.25) is 14.9 Å². The van der Waals surface area contributed by atoms with Gasteiger partial charge < -0.3 is 9.64 Å². The standard InChI is InChI=1S/C18H18N2O5/c1-3-19(4-2)15-9-8-14(12-21)17(11-15)25-18(22)13-6-5-7-16(10-13)20(23)24/h5-12H,3-4H2,1-2H3. The monoisotopic (exact) mass is 342 g/mol. The number of aldehydes is 1. The Balaban J connectivity index is 2.33. The largest absolute Gasteiger partial charge is 0.422 e. The number of nitro benzene ring substituents is 1. The summed E-state index contributed by atoms with van der Waals surface area (Å²) in [6.45, 7) is 5.50. The van der Waals surface area contributed by atoms with Crippen LogP contribution in [0.3, 0.4) is 0 Å². The normalized spacial score (nSPS) is 10.2. The van der Waals surface area contributed by atoms with Crippen LogP contribution in [0.2, 0.25) is 0 Å². The summed E-state index contributed by atoms with van der Waals surface area (Å²) in [7, 11) is 0. The second kappa shape index (κ2) is 8.05. The molecule has 7 heteroatoms. The van der Waals surface area contributed by atoms with Crippen LogP contribution in [0, 0.1) is 10.1 Å². The summed E-state index contributed by atoms with van der Waals surface area (Å²) >= 11 is 0. The zero-order valence-corrected chi connectivity index (χ0v) is 14.0. The molecule has 0 fully saturated rings. The fourth-order valence-electron chi connectivity index (χ4n) is 2.40. The van der Waals surface area contributed by atoms with E-state index in [1.165, 1.54) is 18.2 Å². The highest BCUT2D eigenvalue weighted by molar-refractivity contribution is 5.93. The minimum Gasteiger partial charge on any atom is -0.422 e. The van der Waals surface area contributed by atoms with E-state index >= 15 is 0 Å². The number of hydrogen-bond acceptors (Lipinski definition) is 6. The minimum absolute atomic E-state index is 0.0410. The smallest absolute Gasteiger partial charge is 0.343 e. The maximum absolute atomic E-state index is 12.3. The van der Waals surface area contributed by atoms with Crippen molar-refractivity contribution in [2.75, 3.05) is 18.0 Å². The SMILES string of the molecule is CCN(CC)c1ccc(C=O)c(OC(=O)c2cccc([N+](=O)[O-])c2)c1. The van der Waals surface area contributed by atoms with Gasteiger partial charge in [0.25, 0.3) is 5.69 Å². The average Bonchev–Trinajstić information content (AvgIpc) is 2.63. The maximum Gasteiger partial charge on any atom is 0.343 e. The molecule has 0 atom stereocenters. The first-order valence-electron chi connectivity index (χ1n) is 7.81. The van der Waals surface area contributed by atoms with E-state index < -0.39 is 10.9 Å². The molecule has 0 aliphatic carbocycles. The highest BCUT2D eigenvalue weighted by atomic mass is 16.6. The Hall–Kier alpha value is -3.22. The highest BCUT2D eigenvalue weighted by Crippen LogP contribution is 2.26. The third kappa shape index (κ3) is 4.20. The first kappa shape index (κ1) is 18.1. The number of non-ortho nitro benzene ring substituents is 1. The van der Waals surface area contributed by atoms with Gasteiger partial charge in [-0.2, -0.15) is 0 Å². The highest BCUT2D eigenvalue weighted by Gasteiger charge is 2.16. The lowest BCUT2D eigenvalue weighted by atomic mass is 10.1. The van der Waals surface area contributed by atoms with Crippen molar-refractivity contribution in [2.45, 2.75) is 13.8 Å². The van der Waals surface area contributed by atoms with Gasteiger partial charge >= 0.3 is 5.97 Å². The molecule has 2 aromatic carbocycles. The molecule has 0 saturated heterocycles. The zero-order valence-electron chi connectivity index (χ0n) is 14.0. The molecule has 0 aromatic heterocycles. The van der Waals surface area contributed by atoms with Crippen molar-refractivity contribution < 1.29 is 19.2 Å². The minimum atomic E-state index is -0.761. The molecule has 0 amide bonds. The van der Waals surface area contributed by atoms with Crippen LogP contribution in [0.15, 0.2) is 42.5 Å². The van der Waals surface area contributed by atoms with Gasteiger partial charge in [0.15, 0.2) is 6.29 Å². The number of ether oxygens (including phenoxy) is 1. The van der Waals surface area contributed by atoms with Crippen molar-refractivity contribution in [3.8, 4) is 5.75 Å². The van der Waals surface area contributed by atoms with Gasteiger partial charge in [0.2, 0.25) is 0 Å². The lowest BCUT2D eigenvalue weighted by Gasteiger charge is -2.21. The molecule has 0 aliphatic rings. The topological polar surface area (TPSA) is 89.8 Å². The second-order valence-electron chi connectivity index (χ2n) is 5.21. The average molecular weight is 342 g/mol. The van der Waals surface area contributed by atoms with Crippen LogP contribution in [0.1, 0.15) is 34.6 Å². The number of nitro groups is 1. The fraction of sp³-hybridized carbons (Fsp3) is 0.222. The summed E-state index contributed by atoms with van der Waals surface area (Å²) in [6.07, 6.45) is 0.599. The molecule has 0 spiro atoms. The predicted octanol–water partition coefficient (Wildman–Crippen LogP) is 3.47. The van der Waals surface area contributed by atoms with Gasteiger partial charge in [-0.1, -0.05) is 6.07 Å². The van der Waals surface area contributed by atoms with Crippen LogP contribution >= 0.6 is 0 Å². The molecule has 0 unspecified atom stereocenters. The van der Waals surface area contributed by atoms with Gasteiger partial charge in [0, 0.05) is 37.0 Å². The van der Waals surface area contributed by atoms with Gasteiger partial charge in [-0.25, -0.2) is 4.79 Å². The molecular formula is C18H18N2O5. The van der Waals surface area contributed by atoms with E-state index in [2.05, 4.69) is 0 Å². The van der Waals surface area contributed by atoms with Crippen molar-refractivity contribution in [3.63, 3.8) is 0 Å². The number of hydrogen-bond donors (Lipinski definition) is 0. The predicted molar refractivity (Wildman–Crippen MR) is 93.4 cm³/mol. The van der Waals surface area contributed by atoms with Crippen LogP contribution < -0.4 is 9.64 Å². The summed E-state index contributed by atoms with van der Waals surface area (Å²) in [5.41, 5.74) is 0.883. The quantitative estimate of drug-likeness (QED) is 0.252. The lowest BCUT2D eigenvalue weighted by Crippen LogP contribution is -2.22.